The Labute approximate surface area is 167 Å². The molecule has 0 saturated heterocycles. The lowest BCUT2D eigenvalue weighted by Crippen LogP contribution is -2.34. The first-order chi connectivity index (χ1) is 14.0. The molecule has 0 fully saturated rings. The largest absolute Gasteiger partial charge is 0.455 e. The number of aromatic nitrogens is 2. The minimum absolute atomic E-state index is 0.123. The molecule has 9 heteroatoms. The average Bonchev–Trinajstić information content (AvgIpc) is 3.37. The molecule has 1 aromatic carbocycles. The lowest BCUT2D eigenvalue weighted by atomic mass is 10.2. The first-order valence-electron chi connectivity index (χ1n) is 8.57. The normalized spacial score (nSPS) is 10.9. The van der Waals surface area contributed by atoms with Gasteiger partial charge in [0.15, 0.2) is 12.0 Å². The van der Waals surface area contributed by atoms with Crippen LogP contribution in [0.2, 0.25) is 0 Å². The van der Waals surface area contributed by atoms with Crippen molar-refractivity contribution in [2.24, 2.45) is 0 Å². The summed E-state index contributed by atoms with van der Waals surface area (Å²) >= 11 is 0.963. The molecule has 0 aliphatic heterocycles. The van der Waals surface area contributed by atoms with Gasteiger partial charge in [-0.15, -0.1) is 11.3 Å². The summed E-state index contributed by atoms with van der Waals surface area (Å²) in [5.74, 6) is -0.209. The Bertz CT molecular complexity index is 1310. The number of carbonyl (C=O) groups is 2. The molecule has 4 aromatic rings. The van der Waals surface area contributed by atoms with E-state index in [2.05, 4.69) is 4.98 Å². The Balaban J connectivity index is 1.59. The number of nitrogens with one attached hydrogen (secondary N) is 1. The van der Waals surface area contributed by atoms with Gasteiger partial charge in [0.1, 0.15) is 22.1 Å². The topological polar surface area (TPSA) is 111 Å². The van der Waals surface area contributed by atoms with Crippen LogP contribution in [-0.2, 0) is 17.9 Å². The molecule has 4 rings (SSSR count). The number of carbonyl (C=O) groups excluding carboxylic acids is 2. The van der Waals surface area contributed by atoms with Crippen LogP contribution >= 0.6 is 11.3 Å². The van der Waals surface area contributed by atoms with Crippen LogP contribution in [0.4, 0.5) is 0 Å². The van der Waals surface area contributed by atoms with Crippen LogP contribution < -0.4 is 11.2 Å². The highest BCUT2D eigenvalue weighted by atomic mass is 32.1. The molecule has 29 heavy (non-hydrogen) atoms. The zero-order chi connectivity index (χ0) is 20.4. The monoisotopic (exact) mass is 410 g/mol. The van der Waals surface area contributed by atoms with Gasteiger partial charge in [0.05, 0.1) is 11.9 Å². The van der Waals surface area contributed by atoms with Gasteiger partial charge in [0.2, 0.25) is 0 Å². The molecule has 8 nitrogen and oxygen atoms in total. The van der Waals surface area contributed by atoms with Crippen molar-refractivity contribution in [2.45, 2.75) is 13.2 Å². The van der Waals surface area contributed by atoms with E-state index in [1.165, 1.54) is 18.2 Å². The van der Waals surface area contributed by atoms with Gasteiger partial charge < -0.3 is 9.15 Å². The third-order valence-corrected chi connectivity index (χ3v) is 5.23. The van der Waals surface area contributed by atoms with E-state index in [0.29, 0.717) is 16.9 Å². The second kappa shape index (κ2) is 7.72. The summed E-state index contributed by atoms with van der Waals surface area (Å²) in [6.45, 7) is -0.0339. The van der Waals surface area contributed by atoms with E-state index in [-0.39, 0.29) is 29.2 Å². The van der Waals surface area contributed by atoms with Gasteiger partial charge in [-0.05, 0) is 23.8 Å². The SMILES string of the molecule is O=Cc1ccc(COC(=O)c2cc3c(=O)n(Cc4ccccc4)c(=O)[nH]c3s2)o1. The maximum absolute atomic E-state index is 12.8. The maximum atomic E-state index is 12.8. The highest BCUT2D eigenvalue weighted by Gasteiger charge is 2.17. The summed E-state index contributed by atoms with van der Waals surface area (Å²) < 4.78 is 11.4. The van der Waals surface area contributed by atoms with E-state index in [1.807, 2.05) is 30.3 Å². The van der Waals surface area contributed by atoms with Crippen molar-refractivity contribution in [3.63, 3.8) is 0 Å². The van der Waals surface area contributed by atoms with Crippen molar-refractivity contribution in [1.29, 1.82) is 0 Å². The number of furan rings is 1. The molecule has 0 unspecified atom stereocenters. The maximum Gasteiger partial charge on any atom is 0.348 e. The quantitative estimate of drug-likeness (QED) is 0.386. The van der Waals surface area contributed by atoms with Crippen LogP contribution in [0.3, 0.4) is 0 Å². The van der Waals surface area contributed by atoms with Crippen molar-refractivity contribution < 1.29 is 18.7 Å². The highest BCUT2D eigenvalue weighted by molar-refractivity contribution is 7.20. The highest BCUT2D eigenvalue weighted by Crippen LogP contribution is 2.21. The predicted octanol–water partition coefficient (Wildman–Crippen LogP) is 2.56. The lowest BCUT2D eigenvalue weighted by molar-refractivity contribution is 0.0450. The Morgan fingerprint density at radius 3 is 2.69 bits per heavy atom. The van der Waals surface area contributed by atoms with E-state index in [1.54, 1.807) is 0 Å². The molecule has 0 aliphatic carbocycles. The van der Waals surface area contributed by atoms with Crippen LogP contribution in [0, 0.1) is 0 Å². The first-order valence-corrected chi connectivity index (χ1v) is 9.38. The van der Waals surface area contributed by atoms with E-state index in [4.69, 9.17) is 9.15 Å². The Morgan fingerprint density at radius 2 is 1.97 bits per heavy atom. The summed E-state index contributed by atoms with van der Waals surface area (Å²) in [4.78, 5) is 51.1. The smallest absolute Gasteiger partial charge is 0.348 e. The standard InChI is InChI=1S/C20H14N2O6S/c23-10-13-6-7-14(28-13)11-27-19(25)16-8-15-17(29-16)21-20(26)22(18(15)24)9-12-4-2-1-3-5-12/h1-8,10H,9,11H2,(H,21,26). The van der Waals surface area contributed by atoms with E-state index < -0.39 is 17.2 Å². The predicted molar refractivity (Wildman–Crippen MR) is 105 cm³/mol. The average molecular weight is 410 g/mol. The van der Waals surface area contributed by atoms with Crippen LogP contribution in [0.1, 0.15) is 31.6 Å². The van der Waals surface area contributed by atoms with Crippen molar-refractivity contribution >= 4 is 33.8 Å². The molecular weight excluding hydrogens is 396 g/mol. The van der Waals surface area contributed by atoms with Crippen LogP contribution in [-0.4, -0.2) is 21.8 Å². The zero-order valence-electron chi connectivity index (χ0n) is 14.9. The number of H-pyrrole nitrogens is 1. The van der Waals surface area contributed by atoms with Gasteiger partial charge in [-0.25, -0.2) is 9.59 Å². The molecule has 3 aromatic heterocycles. The fraction of sp³-hybridized carbons (Fsp3) is 0.100. The van der Waals surface area contributed by atoms with Crippen LogP contribution in [0.15, 0.2) is 62.5 Å². The molecular formula is C20H14N2O6S. The Kier molecular flexibility index (Phi) is 4.96. The molecule has 0 spiro atoms. The molecule has 146 valence electrons. The second-order valence-electron chi connectivity index (χ2n) is 6.16. The van der Waals surface area contributed by atoms with Gasteiger partial charge >= 0.3 is 11.7 Å². The summed E-state index contributed by atoms with van der Waals surface area (Å²) in [6, 6.07) is 13.5. The molecule has 0 bridgehead atoms. The number of hydrogen-bond donors (Lipinski definition) is 1. The molecule has 0 saturated carbocycles. The molecule has 3 heterocycles. The van der Waals surface area contributed by atoms with E-state index in [9.17, 15) is 19.2 Å². The fourth-order valence-corrected chi connectivity index (χ4v) is 3.73. The Hall–Kier alpha value is -3.72. The van der Waals surface area contributed by atoms with Crippen molar-refractivity contribution in [3.8, 4) is 0 Å². The third kappa shape index (κ3) is 3.81. The fourth-order valence-electron chi connectivity index (χ4n) is 2.80. The minimum atomic E-state index is -0.662. The number of ether oxygens (including phenoxy) is 1. The molecule has 0 aliphatic rings. The Morgan fingerprint density at radius 1 is 1.17 bits per heavy atom. The summed E-state index contributed by atoms with van der Waals surface area (Å²) in [7, 11) is 0. The number of fused-ring (bicyclic) bond motifs is 1. The number of rotatable bonds is 6. The summed E-state index contributed by atoms with van der Waals surface area (Å²) in [5.41, 5.74) is -0.225. The van der Waals surface area contributed by atoms with Crippen molar-refractivity contribution in [2.75, 3.05) is 0 Å². The number of nitrogens with zero attached hydrogens (tertiary/aromatic N) is 1. The van der Waals surface area contributed by atoms with Gasteiger partial charge in [-0.3, -0.25) is 19.1 Å². The van der Waals surface area contributed by atoms with Crippen molar-refractivity contribution in [1.82, 2.24) is 9.55 Å². The van der Waals surface area contributed by atoms with Crippen molar-refractivity contribution in [3.05, 3.63) is 91.3 Å². The number of esters is 1. The zero-order valence-corrected chi connectivity index (χ0v) is 15.7. The number of aromatic amines is 1. The summed E-state index contributed by atoms with van der Waals surface area (Å²) in [5, 5.41) is 0.235. The number of aldehydes is 1. The second-order valence-corrected chi connectivity index (χ2v) is 7.21. The lowest BCUT2D eigenvalue weighted by Gasteiger charge is -2.04. The van der Waals surface area contributed by atoms with Gasteiger partial charge in [-0.1, -0.05) is 30.3 Å². The van der Waals surface area contributed by atoms with Gasteiger partial charge in [0, 0.05) is 0 Å². The van der Waals surface area contributed by atoms with Gasteiger partial charge in [0.25, 0.3) is 5.56 Å². The van der Waals surface area contributed by atoms with Gasteiger partial charge in [-0.2, -0.15) is 0 Å². The molecule has 0 amide bonds. The van der Waals surface area contributed by atoms with E-state index in [0.717, 1.165) is 21.5 Å². The molecule has 0 atom stereocenters. The molecule has 1 N–H and O–H groups in total. The number of hydrogen-bond acceptors (Lipinski definition) is 7. The first kappa shape index (κ1) is 18.6. The van der Waals surface area contributed by atoms with E-state index >= 15 is 0 Å². The van der Waals surface area contributed by atoms with Crippen LogP contribution in [0.25, 0.3) is 10.2 Å². The third-order valence-electron chi connectivity index (χ3n) is 4.20. The number of thiophene rings is 1. The minimum Gasteiger partial charge on any atom is -0.455 e. The number of benzene rings is 1. The summed E-state index contributed by atoms with van der Waals surface area (Å²) in [6.07, 6.45) is 0.550. The van der Waals surface area contributed by atoms with Crippen LogP contribution in [0.5, 0.6) is 0 Å². The molecule has 0 radical (unpaired) electrons.